The van der Waals surface area contributed by atoms with E-state index in [2.05, 4.69) is 65.7 Å². The first kappa shape index (κ1) is 20.7. The summed E-state index contributed by atoms with van der Waals surface area (Å²) in [6.45, 7) is 4.61. The molecule has 0 spiro atoms. The number of aromatic nitrogens is 3. The molecule has 5 heterocycles. The number of likely N-dealkylation sites (tertiary alicyclic amines) is 2. The van der Waals surface area contributed by atoms with E-state index < -0.39 is 0 Å². The summed E-state index contributed by atoms with van der Waals surface area (Å²) in [4.78, 5) is 15.0. The maximum absolute atomic E-state index is 5.21. The minimum atomic E-state index is 0.348. The molecule has 2 fully saturated rings. The van der Waals surface area contributed by atoms with Crippen LogP contribution < -0.4 is 0 Å². The van der Waals surface area contributed by atoms with Crippen LogP contribution in [0.1, 0.15) is 66.8 Å². The highest BCUT2D eigenvalue weighted by atomic mass is 15.2. The normalized spacial score (nSPS) is 24.1. The Morgan fingerprint density at radius 2 is 1.71 bits per heavy atom. The zero-order valence-corrected chi connectivity index (χ0v) is 19.2. The van der Waals surface area contributed by atoms with Crippen molar-refractivity contribution < 1.29 is 0 Å². The van der Waals surface area contributed by atoms with Gasteiger partial charge in [-0.1, -0.05) is 12.1 Å². The quantitative estimate of drug-likeness (QED) is 0.610. The molecule has 2 atom stereocenters. The molecule has 2 unspecified atom stereocenters. The molecule has 3 aromatic heterocycles. The van der Waals surface area contributed by atoms with Crippen molar-refractivity contribution in [1.29, 1.82) is 0 Å². The predicted octanol–water partition coefficient (Wildman–Crippen LogP) is 4.82. The summed E-state index contributed by atoms with van der Waals surface area (Å²) < 4.78 is 2.36. The lowest BCUT2D eigenvalue weighted by Gasteiger charge is -2.39. The Morgan fingerprint density at radius 3 is 2.48 bits per heavy atom. The largest absolute Gasteiger partial charge is 0.306 e. The van der Waals surface area contributed by atoms with Crippen molar-refractivity contribution in [3.63, 3.8) is 0 Å². The van der Waals surface area contributed by atoms with E-state index in [0.29, 0.717) is 12.1 Å². The Kier molecular flexibility index (Phi) is 5.81. The Balaban J connectivity index is 1.49. The van der Waals surface area contributed by atoms with Crippen LogP contribution >= 0.6 is 0 Å². The van der Waals surface area contributed by atoms with E-state index in [4.69, 9.17) is 9.97 Å². The van der Waals surface area contributed by atoms with Gasteiger partial charge in [-0.25, -0.2) is 4.98 Å². The van der Waals surface area contributed by atoms with Gasteiger partial charge in [0.25, 0.3) is 0 Å². The van der Waals surface area contributed by atoms with Crippen LogP contribution in [0.25, 0.3) is 5.65 Å². The number of fused-ring (bicyclic) bond motifs is 1. The van der Waals surface area contributed by atoms with Crippen molar-refractivity contribution in [3.8, 4) is 0 Å². The van der Waals surface area contributed by atoms with Crippen molar-refractivity contribution in [1.82, 2.24) is 24.2 Å². The summed E-state index contributed by atoms with van der Waals surface area (Å²) in [6.07, 6.45) is 11.4. The van der Waals surface area contributed by atoms with Gasteiger partial charge in [-0.05, 0) is 102 Å². The van der Waals surface area contributed by atoms with Gasteiger partial charge in [-0.2, -0.15) is 0 Å². The first-order valence-electron chi connectivity index (χ1n) is 11.9. The maximum Gasteiger partial charge on any atom is 0.137 e. The van der Waals surface area contributed by atoms with Crippen LogP contribution in [0.2, 0.25) is 0 Å². The van der Waals surface area contributed by atoms with Crippen LogP contribution in [0, 0.1) is 12.8 Å². The molecule has 0 amide bonds. The molecule has 0 aliphatic carbocycles. The summed E-state index contributed by atoms with van der Waals surface area (Å²) >= 11 is 0. The smallest absolute Gasteiger partial charge is 0.137 e. The summed E-state index contributed by atoms with van der Waals surface area (Å²) in [5.41, 5.74) is 6.34. The van der Waals surface area contributed by atoms with Crippen molar-refractivity contribution in [2.24, 2.45) is 5.92 Å². The van der Waals surface area contributed by atoms with E-state index >= 15 is 0 Å². The first-order chi connectivity index (χ1) is 15.1. The van der Waals surface area contributed by atoms with Crippen LogP contribution in [0.3, 0.4) is 0 Å². The van der Waals surface area contributed by atoms with Gasteiger partial charge in [0.1, 0.15) is 5.65 Å². The van der Waals surface area contributed by atoms with Crippen molar-refractivity contribution >= 4 is 5.65 Å². The molecule has 5 rings (SSSR count). The maximum atomic E-state index is 5.21. The van der Waals surface area contributed by atoms with E-state index in [-0.39, 0.29) is 0 Å². The molecule has 3 aromatic rings. The van der Waals surface area contributed by atoms with Gasteiger partial charge in [0.15, 0.2) is 0 Å². The van der Waals surface area contributed by atoms with Crippen molar-refractivity contribution in [2.45, 2.75) is 57.5 Å². The predicted molar refractivity (Wildman–Crippen MR) is 125 cm³/mol. The van der Waals surface area contributed by atoms with E-state index in [9.17, 15) is 0 Å². The Morgan fingerprint density at radius 1 is 0.935 bits per heavy atom. The summed E-state index contributed by atoms with van der Waals surface area (Å²) in [5.74, 6) is 0.748. The molecule has 0 saturated carbocycles. The monoisotopic (exact) mass is 417 g/mol. The van der Waals surface area contributed by atoms with Crippen LogP contribution in [-0.4, -0.2) is 51.4 Å². The van der Waals surface area contributed by atoms with Crippen LogP contribution in [0.15, 0.2) is 42.7 Å². The van der Waals surface area contributed by atoms with E-state index in [1.807, 2.05) is 12.3 Å². The molecular weight excluding hydrogens is 382 g/mol. The summed E-state index contributed by atoms with van der Waals surface area (Å²) in [7, 11) is 4.53. The number of hydrogen-bond donors (Lipinski definition) is 0. The highest BCUT2D eigenvalue weighted by Crippen LogP contribution is 2.42. The average molecular weight is 418 g/mol. The second-order valence-electron chi connectivity index (χ2n) is 9.66. The molecule has 0 aromatic carbocycles. The van der Waals surface area contributed by atoms with E-state index in [1.165, 1.54) is 67.8 Å². The lowest BCUT2D eigenvalue weighted by atomic mass is 9.87. The SMILES string of the molecule is Cc1cccnc1C1CCCC(c2nc3ccccn3c2CC2CCN(C)CC2)N1C. The highest BCUT2D eigenvalue weighted by molar-refractivity contribution is 5.44. The van der Waals surface area contributed by atoms with Crippen LogP contribution in [0.4, 0.5) is 0 Å². The fraction of sp³-hybridized carbons (Fsp3) is 0.538. The number of pyridine rings is 2. The Hall–Kier alpha value is -2.24. The van der Waals surface area contributed by atoms with Gasteiger partial charge in [0.05, 0.1) is 23.5 Å². The van der Waals surface area contributed by atoms with Gasteiger partial charge in [0.2, 0.25) is 0 Å². The molecule has 2 saturated heterocycles. The molecule has 0 bridgehead atoms. The molecule has 0 radical (unpaired) electrons. The fourth-order valence-electron chi connectivity index (χ4n) is 5.71. The average Bonchev–Trinajstić information content (AvgIpc) is 3.14. The van der Waals surface area contributed by atoms with Crippen LogP contribution in [0.5, 0.6) is 0 Å². The Bertz CT molecular complexity index is 1030. The van der Waals surface area contributed by atoms with Crippen LogP contribution in [-0.2, 0) is 6.42 Å². The fourth-order valence-corrected chi connectivity index (χ4v) is 5.71. The molecular formula is C26H35N5. The second-order valence-corrected chi connectivity index (χ2v) is 9.66. The van der Waals surface area contributed by atoms with Gasteiger partial charge in [0, 0.05) is 18.1 Å². The molecule has 0 N–H and O–H groups in total. The van der Waals surface area contributed by atoms with Gasteiger partial charge < -0.3 is 9.30 Å². The lowest BCUT2D eigenvalue weighted by Crippen LogP contribution is -2.35. The van der Waals surface area contributed by atoms with Gasteiger partial charge in [-0.3, -0.25) is 9.88 Å². The topological polar surface area (TPSA) is 36.7 Å². The van der Waals surface area contributed by atoms with E-state index in [1.54, 1.807) is 0 Å². The van der Waals surface area contributed by atoms with E-state index in [0.717, 1.165) is 18.0 Å². The number of hydrogen-bond acceptors (Lipinski definition) is 4. The number of piperidine rings is 2. The molecule has 5 nitrogen and oxygen atoms in total. The minimum absolute atomic E-state index is 0.348. The van der Waals surface area contributed by atoms with Crippen molar-refractivity contribution in [3.05, 3.63) is 65.4 Å². The second kappa shape index (κ2) is 8.71. The zero-order valence-electron chi connectivity index (χ0n) is 19.2. The number of rotatable bonds is 4. The number of imidazole rings is 1. The highest BCUT2D eigenvalue weighted by Gasteiger charge is 2.35. The molecule has 164 valence electrons. The standard InChI is InChI=1S/C26H35N5/c1-19-8-7-14-27-25(19)21-9-6-10-22(30(21)3)26-23(18-20-12-16-29(2)17-13-20)31-15-5-4-11-24(31)28-26/h4-5,7-8,11,14-15,20-22H,6,9-10,12-13,16-18H2,1-3H3. The third-order valence-corrected chi connectivity index (χ3v) is 7.60. The minimum Gasteiger partial charge on any atom is -0.306 e. The summed E-state index contributed by atoms with van der Waals surface area (Å²) in [5, 5.41) is 0. The lowest BCUT2D eigenvalue weighted by molar-refractivity contribution is 0.108. The number of nitrogens with zero attached hydrogens (tertiary/aromatic N) is 5. The Labute approximate surface area is 186 Å². The summed E-state index contributed by atoms with van der Waals surface area (Å²) in [6, 6.07) is 11.3. The van der Waals surface area contributed by atoms with Crippen molar-refractivity contribution in [2.75, 3.05) is 27.2 Å². The third-order valence-electron chi connectivity index (χ3n) is 7.60. The third kappa shape index (κ3) is 4.01. The molecule has 2 aliphatic heterocycles. The van der Waals surface area contributed by atoms with Gasteiger partial charge in [-0.15, -0.1) is 0 Å². The first-order valence-corrected chi connectivity index (χ1v) is 11.9. The molecule has 2 aliphatic rings. The molecule has 5 heteroatoms. The molecule has 31 heavy (non-hydrogen) atoms. The number of aryl methyl sites for hydroxylation is 1. The zero-order chi connectivity index (χ0) is 21.4. The van der Waals surface area contributed by atoms with Gasteiger partial charge >= 0.3 is 0 Å².